The number of halogens is 1. The van der Waals surface area contributed by atoms with E-state index in [1.807, 2.05) is 6.92 Å². The highest BCUT2D eigenvalue weighted by atomic mass is 35.5. The maximum absolute atomic E-state index is 11.9. The van der Waals surface area contributed by atoms with Crippen LogP contribution in [0.5, 0.6) is 0 Å². The largest absolute Gasteiger partial charge is 0.381 e. The summed E-state index contributed by atoms with van der Waals surface area (Å²) in [5.74, 6) is 1.12. The average Bonchev–Trinajstić information content (AvgIpc) is 2.98. The summed E-state index contributed by atoms with van der Waals surface area (Å²) >= 11 is 5.88. The van der Waals surface area contributed by atoms with Crippen LogP contribution in [-0.4, -0.2) is 39.5 Å². The van der Waals surface area contributed by atoms with Gasteiger partial charge in [-0.15, -0.1) is 0 Å². The standard InChI is InChI=1S/C16H22ClN5O2/c1-11(9-22-10-13(17)8-19-22)14-6-15(23)21-16(20-14)18-7-12-2-4-24-5-3-12/h6,8,10-12H,2-5,7,9H2,1H3,(H2,18,20,21,23)/t11-/m1/s1. The number of nitrogens with one attached hydrogen (secondary N) is 2. The first-order valence-corrected chi connectivity index (χ1v) is 8.59. The Balaban J connectivity index is 1.65. The van der Waals surface area contributed by atoms with Gasteiger partial charge in [-0.1, -0.05) is 18.5 Å². The Hall–Kier alpha value is -1.86. The zero-order valence-corrected chi connectivity index (χ0v) is 14.4. The fourth-order valence-electron chi connectivity index (χ4n) is 2.82. The molecule has 2 aromatic heterocycles. The molecule has 8 heteroatoms. The molecule has 0 bridgehead atoms. The molecule has 0 aliphatic carbocycles. The van der Waals surface area contributed by atoms with Gasteiger partial charge >= 0.3 is 0 Å². The number of aromatic nitrogens is 4. The van der Waals surface area contributed by atoms with Crippen molar-refractivity contribution in [3.05, 3.63) is 39.5 Å². The summed E-state index contributed by atoms with van der Waals surface area (Å²) in [6, 6.07) is 1.54. The monoisotopic (exact) mass is 351 g/mol. The molecule has 0 amide bonds. The van der Waals surface area contributed by atoms with Crippen molar-refractivity contribution in [3.8, 4) is 0 Å². The molecule has 7 nitrogen and oxygen atoms in total. The Morgan fingerprint density at radius 1 is 1.50 bits per heavy atom. The summed E-state index contributed by atoms with van der Waals surface area (Å²) in [6.07, 6.45) is 5.43. The van der Waals surface area contributed by atoms with Gasteiger partial charge in [-0.3, -0.25) is 14.5 Å². The lowest BCUT2D eigenvalue weighted by atomic mass is 10.0. The van der Waals surface area contributed by atoms with E-state index in [1.165, 1.54) is 6.07 Å². The highest BCUT2D eigenvalue weighted by Crippen LogP contribution is 2.17. The number of anilines is 1. The second kappa shape index (κ2) is 7.81. The Labute approximate surface area is 145 Å². The summed E-state index contributed by atoms with van der Waals surface area (Å²) in [7, 11) is 0. The summed E-state index contributed by atoms with van der Waals surface area (Å²) in [6.45, 7) is 5.03. The van der Waals surface area contributed by atoms with Crippen molar-refractivity contribution in [2.24, 2.45) is 5.92 Å². The third kappa shape index (κ3) is 4.58. The number of ether oxygens (including phenoxy) is 1. The highest BCUT2D eigenvalue weighted by Gasteiger charge is 2.15. The van der Waals surface area contributed by atoms with Crippen LogP contribution in [-0.2, 0) is 11.3 Å². The molecular formula is C16H22ClN5O2. The van der Waals surface area contributed by atoms with Gasteiger partial charge in [0, 0.05) is 44.5 Å². The Morgan fingerprint density at radius 3 is 3.00 bits per heavy atom. The molecule has 0 saturated carbocycles. The van der Waals surface area contributed by atoms with Crippen LogP contribution in [0.2, 0.25) is 5.02 Å². The molecule has 0 radical (unpaired) electrons. The van der Waals surface area contributed by atoms with E-state index in [1.54, 1.807) is 17.1 Å². The van der Waals surface area contributed by atoms with E-state index >= 15 is 0 Å². The number of nitrogens with zero attached hydrogens (tertiary/aromatic N) is 3. The molecule has 1 atom stereocenters. The van der Waals surface area contributed by atoms with Crippen molar-refractivity contribution in [1.29, 1.82) is 0 Å². The van der Waals surface area contributed by atoms with Crippen LogP contribution in [0.25, 0.3) is 0 Å². The lowest BCUT2D eigenvalue weighted by molar-refractivity contribution is 0.0699. The Morgan fingerprint density at radius 2 is 2.29 bits per heavy atom. The minimum atomic E-state index is -0.153. The van der Waals surface area contributed by atoms with E-state index in [0.29, 0.717) is 23.4 Å². The van der Waals surface area contributed by atoms with E-state index in [9.17, 15) is 4.79 Å². The normalized spacial score (nSPS) is 16.9. The van der Waals surface area contributed by atoms with E-state index in [-0.39, 0.29) is 11.5 Å². The minimum absolute atomic E-state index is 0.0481. The third-order valence-electron chi connectivity index (χ3n) is 4.23. The van der Waals surface area contributed by atoms with Gasteiger partial charge < -0.3 is 10.1 Å². The highest BCUT2D eigenvalue weighted by molar-refractivity contribution is 6.30. The molecular weight excluding hydrogens is 330 g/mol. The maximum atomic E-state index is 11.9. The average molecular weight is 352 g/mol. The first kappa shape index (κ1) is 17.0. The van der Waals surface area contributed by atoms with Gasteiger partial charge in [0.25, 0.3) is 5.56 Å². The van der Waals surface area contributed by atoms with E-state index in [4.69, 9.17) is 16.3 Å². The molecule has 0 unspecified atom stereocenters. The molecule has 24 heavy (non-hydrogen) atoms. The predicted molar refractivity (Wildman–Crippen MR) is 92.5 cm³/mol. The maximum Gasteiger partial charge on any atom is 0.252 e. The Kier molecular flexibility index (Phi) is 5.52. The summed E-state index contributed by atoms with van der Waals surface area (Å²) in [5.41, 5.74) is 0.583. The van der Waals surface area contributed by atoms with Crippen molar-refractivity contribution < 1.29 is 4.74 Å². The van der Waals surface area contributed by atoms with Gasteiger partial charge in [0.1, 0.15) is 0 Å². The summed E-state index contributed by atoms with van der Waals surface area (Å²) in [4.78, 5) is 19.2. The number of hydrogen-bond donors (Lipinski definition) is 2. The zero-order chi connectivity index (χ0) is 16.9. The van der Waals surface area contributed by atoms with Crippen LogP contribution in [0.1, 0.15) is 31.4 Å². The topological polar surface area (TPSA) is 84.8 Å². The second-order valence-corrected chi connectivity index (χ2v) is 6.67. The fraction of sp³-hybridized carbons (Fsp3) is 0.562. The molecule has 3 rings (SSSR count). The molecule has 1 aliphatic heterocycles. The second-order valence-electron chi connectivity index (χ2n) is 6.24. The zero-order valence-electron chi connectivity index (χ0n) is 13.7. The van der Waals surface area contributed by atoms with Crippen molar-refractivity contribution in [3.63, 3.8) is 0 Å². The number of rotatable bonds is 6. The number of H-pyrrole nitrogens is 1. The van der Waals surface area contributed by atoms with Gasteiger partial charge in [-0.25, -0.2) is 4.98 Å². The molecule has 3 heterocycles. The molecule has 2 aromatic rings. The predicted octanol–water partition coefficient (Wildman–Crippen LogP) is 2.26. The van der Waals surface area contributed by atoms with Crippen molar-refractivity contribution >= 4 is 17.5 Å². The molecule has 1 fully saturated rings. The molecule has 1 aliphatic rings. The number of hydrogen-bond acceptors (Lipinski definition) is 5. The lowest BCUT2D eigenvalue weighted by Crippen LogP contribution is -2.24. The smallest absolute Gasteiger partial charge is 0.252 e. The van der Waals surface area contributed by atoms with Crippen LogP contribution in [0, 0.1) is 5.92 Å². The minimum Gasteiger partial charge on any atom is -0.381 e. The molecule has 130 valence electrons. The van der Waals surface area contributed by atoms with Crippen LogP contribution in [0.3, 0.4) is 0 Å². The SMILES string of the molecule is C[C@H](Cn1cc(Cl)cn1)c1cc(=O)[nH]c(NCC2CCOCC2)n1. The van der Waals surface area contributed by atoms with Crippen LogP contribution >= 0.6 is 11.6 Å². The number of aromatic amines is 1. The fourth-order valence-corrected chi connectivity index (χ4v) is 2.97. The third-order valence-corrected chi connectivity index (χ3v) is 4.42. The van der Waals surface area contributed by atoms with Crippen molar-refractivity contribution in [2.45, 2.75) is 32.2 Å². The van der Waals surface area contributed by atoms with E-state index in [2.05, 4.69) is 20.4 Å². The molecule has 0 aromatic carbocycles. The first-order chi connectivity index (χ1) is 11.6. The lowest BCUT2D eigenvalue weighted by Gasteiger charge is -2.22. The quantitative estimate of drug-likeness (QED) is 0.833. The molecule has 0 spiro atoms. The van der Waals surface area contributed by atoms with E-state index < -0.39 is 0 Å². The van der Waals surface area contributed by atoms with Gasteiger partial charge in [0.05, 0.1) is 16.9 Å². The van der Waals surface area contributed by atoms with Crippen LogP contribution in [0.4, 0.5) is 5.95 Å². The first-order valence-electron chi connectivity index (χ1n) is 8.21. The molecule has 2 N–H and O–H groups in total. The van der Waals surface area contributed by atoms with Crippen LogP contribution in [0.15, 0.2) is 23.3 Å². The summed E-state index contributed by atoms with van der Waals surface area (Å²) < 4.78 is 7.12. The van der Waals surface area contributed by atoms with E-state index in [0.717, 1.165) is 38.3 Å². The van der Waals surface area contributed by atoms with Gasteiger partial charge in [0.15, 0.2) is 0 Å². The Bertz CT molecular complexity index is 723. The van der Waals surface area contributed by atoms with Gasteiger partial charge in [0.2, 0.25) is 5.95 Å². The van der Waals surface area contributed by atoms with Crippen molar-refractivity contribution in [1.82, 2.24) is 19.7 Å². The molecule has 1 saturated heterocycles. The summed E-state index contributed by atoms with van der Waals surface area (Å²) in [5, 5.41) is 8.02. The van der Waals surface area contributed by atoms with Gasteiger partial charge in [-0.05, 0) is 18.8 Å². The van der Waals surface area contributed by atoms with Crippen LogP contribution < -0.4 is 10.9 Å². The van der Waals surface area contributed by atoms with Gasteiger partial charge in [-0.2, -0.15) is 5.10 Å². The van der Waals surface area contributed by atoms with Crippen molar-refractivity contribution in [2.75, 3.05) is 25.1 Å².